The van der Waals surface area contributed by atoms with Crippen LogP contribution < -0.4 is 15.9 Å². The van der Waals surface area contributed by atoms with E-state index in [9.17, 15) is 4.79 Å². The predicted molar refractivity (Wildman–Crippen MR) is 122 cm³/mol. The first kappa shape index (κ1) is 19.5. The van der Waals surface area contributed by atoms with Crippen molar-refractivity contribution >= 4 is 58.4 Å². The van der Waals surface area contributed by atoms with E-state index < -0.39 is 5.31 Å². The number of Topliss-reactive ketones (excluding diaryl/α,β-unsaturated/α-hetero) is 1. The number of rotatable bonds is 6. The maximum atomic E-state index is 13.0. The van der Waals surface area contributed by atoms with E-state index in [1.807, 2.05) is 61.5 Å². The molecule has 3 rings (SSSR count). The number of ketones is 1. The van der Waals surface area contributed by atoms with E-state index in [0.29, 0.717) is 6.16 Å². The zero-order valence-corrected chi connectivity index (χ0v) is 18.6. The molecular weight excluding hydrogens is 471 g/mol. The van der Waals surface area contributed by atoms with Crippen LogP contribution in [0.1, 0.15) is 6.92 Å². The van der Waals surface area contributed by atoms with Crippen molar-refractivity contribution in [2.45, 2.75) is 11.8 Å². The molecule has 0 radical (unpaired) electrons. The van der Waals surface area contributed by atoms with Gasteiger partial charge in [-0.2, -0.15) is 0 Å². The molecule has 0 saturated heterocycles. The minimum atomic E-state index is -3.13. The summed E-state index contributed by atoms with van der Waals surface area (Å²) in [6.45, 7) is 1.90. The molecule has 1 unspecified atom stereocenters. The van der Waals surface area contributed by atoms with Crippen LogP contribution in [-0.4, -0.2) is 16.8 Å². The van der Waals surface area contributed by atoms with Gasteiger partial charge in [-0.1, -0.05) is 0 Å². The van der Waals surface area contributed by atoms with Crippen LogP contribution >= 0.6 is 36.7 Å². The Balaban J connectivity index is 2.41. The van der Waals surface area contributed by atoms with Gasteiger partial charge < -0.3 is 0 Å². The molecule has 1 atom stereocenters. The van der Waals surface area contributed by atoms with Crippen LogP contribution in [-0.2, 0) is 4.79 Å². The second kappa shape index (κ2) is 7.76. The van der Waals surface area contributed by atoms with Gasteiger partial charge in [0.1, 0.15) is 0 Å². The molecule has 0 N–H and O–H groups in total. The summed E-state index contributed by atoms with van der Waals surface area (Å²) in [5.74, 6) is 0.191. The van der Waals surface area contributed by atoms with Crippen LogP contribution in [0.3, 0.4) is 0 Å². The molecular formula is C22H21Br2OP. The molecule has 0 aliphatic carbocycles. The normalized spacial score (nSPS) is 14.2. The summed E-state index contributed by atoms with van der Waals surface area (Å²) in [5.41, 5.74) is 0. The summed E-state index contributed by atoms with van der Waals surface area (Å²) in [6, 6.07) is 31.2. The van der Waals surface area contributed by atoms with Gasteiger partial charge in [0, 0.05) is 0 Å². The summed E-state index contributed by atoms with van der Waals surface area (Å²) < 4.78 is 0. The number of carbonyl (C=O) groups is 1. The molecule has 0 aliphatic rings. The topological polar surface area (TPSA) is 17.1 Å². The van der Waals surface area contributed by atoms with Gasteiger partial charge in [0.05, 0.1) is 0 Å². The van der Waals surface area contributed by atoms with Gasteiger partial charge in [0.25, 0.3) is 0 Å². The van der Waals surface area contributed by atoms with E-state index >= 15 is 0 Å². The van der Waals surface area contributed by atoms with Crippen molar-refractivity contribution in [1.82, 2.24) is 0 Å². The quantitative estimate of drug-likeness (QED) is 0.343. The Labute approximate surface area is 171 Å². The van der Waals surface area contributed by atoms with Gasteiger partial charge in [0.15, 0.2) is 0 Å². The van der Waals surface area contributed by atoms with Crippen molar-refractivity contribution in [3.8, 4) is 0 Å². The molecule has 0 heterocycles. The third kappa shape index (κ3) is 3.33. The Morgan fingerprint density at radius 2 is 1.08 bits per heavy atom. The summed E-state index contributed by atoms with van der Waals surface area (Å²) in [7, 11) is 0. The van der Waals surface area contributed by atoms with Gasteiger partial charge >= 0.3 is 172 Å². The Morgan fingerprint density at radius 3 is 1.35 bits per heavy atom. The molecule has 0 aromatic heterocycles. The third-order valence-corrected chi connectivity index (χ3v) is 14.8. The predicted octanol–water partition coefficient (Wildman–Crippen LogP) is 5.18. The van der Waals surface area contributed by atoms with Gasteiger partial charge in [-0.05, 0) is 0 Å². The van der Waals surface area contributed by atoms with Crippen LogP contribution in [0.15, 0.2) is 91.0 Å². The summed E-state index contributed by atoms with van der Waals surface area (Å²) in [4.78, 5) is 12.8. The number of hydrogen-bond donors (Lipinski definition) is 0. The molecule has 1 nitrogen and oxygen atoms in total. The van der Waals surface area contributed by atoms with E-state index in [1.165, 1.54) is 0 Å². The van der Waals surface area contributed by atoms with Gasteiger partial charge in [-0.15, -0.1) is 0 Å². The monoisotopic (exact) mass is 490 g/mol. The average molecular weight is 492 g/mol. The molecule has 26 heavy (non-hydrogen) atoms. The summed E-state index contributed by atoms with van der Waals surface area (Å²) in [6.07, 6.45) is 0.427. The first-order valence-corrected chi connectivity index (χ1v) is 13.9. The Morgan fingerprint density at radius 1 is 0.769 bits per heavy atom. The molecule has 0 amide bonds. The number of halogens is 2. The number of carbonyl (C=O) groups excluding carboxylic acids is 1. The van der Waals surface area contributed by atoms with E-state index in [2.05, 4.69) is 67.8 Å². The Hall–Kier alpha value is -1.28. The molecule has 0 fully saturated rings. The summed E-state index contributed by atoms with van der Waals surface area (Å²) >= 11 is 7.76. The van der Waals surface area contributed by atoms with Gasteiger partial charge in [0.2, 0.25) is 0 Å². The van der Waals surface area contributed by atoms with E-state index in [0.717, 1.165) is 15.9 Å². The summed E-state index contributed by atoms with van der Waals surface area (Å²) in [5, 5.41) is 0.363. The van der Waals surface area contributed by atoms with Crippen molar-refractivity contribution < 1.29 is 4.79 Å². The molecule has 0 spiro atoms. The van der Waals surface area contributed by atoms with Crippen molar-refractivity contribution in [2.24, 2.45) is 0 Å². The molecule has 3 aromatic rings. The van der Waals surface area contributed by atoms with E-state index in [1.54, 1.807) is 0 Å². The van der Waals surface area contributed by atoms with E-state index in [4.69, 9.17) is 0 Å². The average Bonchev–Trinajstić information content (AvgIpc) is 2.70. The standard InChI is InChI=1S/C22H21Br2OP/c1-18(23)22(25)17-26(24,19-11-5-2-6-12-19,20-13-7-3-8-14-20)21-15-9-4-10-16-21/h2-16,18H,17H2,1H3. The second-order valence-corrected chi connectivity index (χ2v) is 16.7. The SMILES string of the molecule is CC(Br)C(=O)CP(Br)(c1ccccc1)(c1ccccc1)c1ccccc1. The fraction of sp³-hybridized carbons (Fsp3) is 0.136. The first-order valence-electron chi connectivity index (χ1n) is 8.53. The minimum absolute atomic E-state index is 0.191. The maximum absolute atomic E-state index is 13.0. The Bertz CT molecular complexity index is 780. The van der Waals surface area contributed by atoms with E-state index in [-0.39, 0.29) is 10.6 Å². The zero-order valence-electron chi connectivity index (χ0n) is 14.6. The zero-order chi connectivity index (χ0) is 18.6. The fourth-order valence-electron chi connectivity index (χ4n) is 3.36. The molecule has 4 heteroatoms. The van der Waals surface area contributed by atoms with Crippen molar-refractivity contribution in [1.29, 1.82) is 0 Å². The number of hydrogen-bond acceptors (Lipinski definition) is 1. The molecule has 134 valence electrons. The van der Waals surface area contributed by atoms with Crippen LogP contribution in [0.4, 0.5) is 0 Å². The first-order chi connectivity index (χ1) is 12.5. The number of alkyl halides is 1. The number of benzene rings is 3. The van der Waals surface area contributed by atoms with Gasteiger partial charge in [-0.3, -0.25) is 0 Å². The molecule has 3 aromatic carbocycles. The fourth-order valence-corrected chi connectivity index (χ4v) is 11.3. The van der Waals surface area contributed by atoms with Crippen molar-refractivity contribution in [3.05, 3.63) is 91.0 Å². The van der Waals surface area contributed by atoms with Crippen LogP contribution in [0.5, 0.6) is 0 Å². The molecule has 0 aliphatic heterocycles. The molecule has 0 saturated carbocycles. The third-order valence-electron chi connectivity index (χ3n) is 4.78. The van der Waals surface area contributed by atoms with Crippen LogP contribution in [0.2, 0.25) is 0 Å². The van der Waals surface area contributed by atoms with Crippen LogP contribution in [0, 0.1) is 0 Å². The van der Waals surface area contributed by atoms with Gasteiger partial charge in [-0.25, -0.2) is 0 Å². The second-order valence-electron chi connectivity index (χ2n) is 6.43. The van der Waals surface area contributed by atoms with Crippen molar-refractivity contribution in [2.75, 3.05) is 6.16 Å². The molecule has 0 bridgehead atoms. The van der Waals surface area contributed by atoms with Crippen molar-refractivity contribution in [3.63, 3.8) is 0 Å². The van der Waals surface area contributed by atoms with Crippen LogP contribution in [0.25, 0.3) is 0 Å². The Kier molecular flexibility index (Phi) is 5.81.